The number of carbonyl (C=O) groups is 3. The van der Waals surface area contributed by atoms with Gasteiger partial charge in [0.15, 0.2) is 5.78 Å². The molecule has 0 amide bonds. The minimum absolute atomic E-state index is 0.139. The van der Waals surface area contributed by atoms with E-state index in [0.717, 1.165) is 0 Å². The topological polar surface area (TPSA) is 78.9 Å². The molecule has 0 aliphatic carbocycles. The summed E-state index contributed by atoms with van der Waals surface area (Å²) in [4.78, 5) is 33.8. The van der Waals surface area contributed by atoms with Crippen molar-refractivity contribution in [3.63, 3.8) is 0 Å². The summed E-state index contributed by atoms with van der Waals surface area (Å²) < 4.78 is 15.4. The van der Waals surface area contributed by atoms with Crippen molar-refractivity contribution in [3.05, 3.63) is 12.2 Å². The molecule has 0 spiro atoms. The van der Waals surface area contributed by atoms with Crippen molar-refractivity contribution < 1.29 is 28.6 Å². The van der Waals surface area contributed by atoms with Crippen molar-refractivity contribution in [2.24, 2.45) is 5.92 Å². The van der Waals surface area contributed by atoms with E-state index in [1.807, 2.05) is 6.92 Å². The lowest BCUT2D eigenvalue weighted by molar-refractivity contribution is -0.196. The standard InChI is InChI=1S/C14H20O6/c1-8(14(19-10(3)15)20-11(4)16)7-13-12(17)6-5-9(2)18-13/h5-6,8-9,13-14H,7H2,1-4H3/t8?,9-,13-/m0/s1. The van der Waals surface area contributed by atoms with Gasteiger partial charge in [0.2, 0.25) is 6.29 Å². The molecule has 0 aromatic heterocycles. The number of ether oxygens (including phenoxy) is 3. The van der Waals surface area contributed by atoms with Crippen LogP contribution in [0.5, 0.6) is 0 Å². The average Bonchev–Trinajstić information content (AvgIpc) is 2.31. The van der Waals surface area contributed by atoms with Gasteiger partial charge in [-0.15, -0.1) is 0 Å². The number of ketones is 1. The number of hydrogen-bond donors (Lipinski definition) is 0. The second-order valence-electron chi connectivity index (χ2n) is 4.89. The maximum absolute atomic E-state index is 11.7. The zero-order valence-corrected chi connectivity index (χ0v) is 12.1. The predicted molar refractivity (Wildman–Crippen MR) is 69.6 cm³/mol. The molecule has 112 valence electrons. The van der Waals surface area contributed by atoms with Crippen LogP contribution in [-0.4, -0.2) is 36.2 Å². The molecule has 1 aliphatic rings. The van der Waals surface area contributed by atoms with Crippen LogP contribution in [0.25, 0.3) is 0 Å². The molecule has 0 radical (unpaired) electrons. The highest BCUT2D eigenvalue weighted by Gasteiger charge is 2.31. The summed E-state index contributed by atoms with van der Waals surface area (Å²) in [6.45, 7) is 6.03. The van der Waals surface area contributed by atoms with E-state index in [1.54, 1.807) is 13.0 Å². The maximum Gasteiger partial charge on any atom is 0.305 e. The van der Waals surface area contributed by atoms with Gasteiger partial charge in [-0.05, 0) is 19.4 Å². The van der Waals surface area contributed by atoms with E-state index < -0.39 is 24.3 Å². The van der Waals surface area contributed by atoms with Crippen LogP contribution in [-0.2, 0) is 28.6 Å². The first-order valence-corrected chi connectivity index (χ1v) is 6.51. The molecule has 1 rings (SSSR count). The van der Waals surface area contributed by atoms with Gasteiger partial charge in [0.25, 0.3) is 0 Å². The molecular formula is C14H20O6. The van der Waals surface area contributed by atoms with Gasteiger partial charge in [-0.1, -0.05) is 13.0 Å². The molecular weight excluding hydrogens is 264 g/mol. The lowest BCUT2D eigenvalue weighted by atomic mass is 9.98. The molecule has 0 aromatic carbocycles. The Morgan fingerprint density at radius 3 is 2.35 bits per heavy atom. The Kier molecular flexibility index (Phi) is 5.88. The highest BCUT2D eigenvalue weighted by molar-refractivity contribution is 5.94. The van der Waals surface area contributed by atoms with Crippen molar-refractivity contribution in [1.29, 1.82) is 0 Å². The molecule has 0 N–H and O–H groups in total. The molecule has 0 aromatic rings. The van der Waals surface area contributed by atoms with Crippen LogP contribution in [0, 0.1) is 5.92 Å². The van der Waals surface area contributed by atoms with Crippen LogP contribution in [0.4, 0.5) is 0 Å². The molecule has 1 unspecified atom stereocenters. The highest BCUT2D eigenvalue weighted by atomic mass is 16.7. The summed E-state index contributed by atoms with van der Waals surface area (Å²) in [5.74, 6) is -1.59. The summed E-state index contributed by atoms with van der Waals surface area (Å²) in [6.07, 6.45) is 1.70. The van der Waals surface area contributed by atoms with Gasteiger partial charge in [0.1, 0.15) is 6.10 Å². The first-order chi connectivity index (χ1) is 9.29. The normalized spacial score (nSPS) is 23.6. The van der Waals surface area contributed by atoms with Gasteiger partial charge < -0.3 is 14.2 Å². The third-order valence-electron chi connectivity index (χ3n) is 2.84. The van der Waals surface area contributed by atoms with Crippen LogP contribution in [0.1, 0.15) is 34.1 Å². The molecule has 6 nitrogen and oxygen atoms in total. The van der Waals surface area contributed by atoms with E-state index >= 15 is 0 Å². The lowest BCUT2D eigenvalue weighted by Crippen LogP contribution is -2.37. The van der Waals surface area contributed by atoms with Crippen molar-refractivity contribution in [2.75, 3.05) is 0 Å². The Bertz CT molecular complexity index is 398. The average molecular weight is 284 g/mol. The van der Waals surface area contributed by atoms with Crippen molar-refractivity contribution >= 4 is 17.7 Å². The zero-order chi connectivity index (χ0) is 15.3. The Balaban J connectivity index is 2.67. The van der Waals surface area contributed by atoms with Crippen LogP contribution in [0.15, 0.2) is 12.2 Å². The SMILES string of the molecule is CC(=O)OC(OC(C)=O)C(C)C[C@@H]1O[C@@H](C)C=CC1=O. The molecule has 20 heavy (non-hydrogen) atoms. The van der Waals surface area contributed by atoms with E-state index in [1.165, 1.54) is 19.9 Å². The fraction of sp³-hybridized carbons (Fsp3) is 0.643. The first-order valence-electron chi connectivity index (χ1n) is 6.51. The predicted octanol–water partition coefficient (Wildman–Crippen LogP) is 1.38. The molecule has 1 aliphatic heterocycles. The molecule has 0 saturated carbocycles. The fourth-order valence-corrected chi connectivity index (χ4v) is 1.91. The van der Waals surface area contributed by atoms with Gasteiger partial charge in [-0.25, -0.2) is 0 Å². The Labute approximate surface area is 118 Å². The van der Waals surface area contributed by atoms with E-state index in [4.69, 9.17) is 14.2 Å². The minimum atomic E-state index is -1.01. The summed E-state index contributed by atoms with van der Waals surface area (Å²) in [5.41, 5.74) is 0. The van der Waals surface area contributed by atoms with Crippen LogP contribution < -0.4 is 0 Å². The largest absolute Gasteiger partial charge is 0.425 e. The smallest absolute Gasteiger partial charge is 0.305 e. The second-order valence-corrected chi connectivity index (χ2v) is 4.89. The molecule has 3 atom stereocenters. The Morgan fingerprint density at radius 2 is 1.85 bits per heavy atom. The summed E-state index contributed by atoms with van der Waals surface area (Å²) in [7, 11) is 0. The van der Waals surface area contributed by atoms with Gasteiger partial charge in [-0.3, -0.25) is 14.4 Å². The van der Waals surface area contributed by atoms with Gasteiger partial charge >= 0.3 is 11.9 Å². The monoisotopic (exact) mass is 284 g/mol. The minimum Gasteiger partial charge on any atom is -0.425 e. The maximum atomic E-state index is 11.7. The van der Waals surface area contributed by atoms with Gasteiger partial charge in [-0.2, -0.15) is 0 Å². The number of rotatable bonds is 5. The van der Waals surface area contributed by atoms with Gasteiger partial charge in [0.05, 0.1) is 6.10 Å². The van der Waals surface area contributed by atoms with E-state index in [0.29, 0.717) is 6.42 Å². The summed E-state index contributed by atoms with van der Waals surface area (Å²) in [6, 6.07) is 0. The number of esters is 2. The highest BCUT2D eigenvalue weighted by Crippen LogP contribution is 2.21. The fourth-order valence-electron chi connectivity index (χ4n) is 1.91. The molecule has 0 saturated heterocycles. The third-order valence-corrected chi connectivity index (χ3v) is 2.84. The van der Waals surface area contributed by atoms with Crippen LogP contribution in [0.2, 0.25) is 0 Å². The zero-order valence-electron chi connectivity index (χ0n) is 12.1. The molecule has 0 fully saturated rings. The second kappa shape index (κ2) is 7.19. The first kappa shape index (κ1) is 16.4. The van der Waals surface area contributed by atoms with Crippen molar-refractivity contribution in [1.82, 2.24) is 0 Å². The van der Waals surface area contributed by atoms with Gasteiger partial charge in [0, 0.05) is 19.8 Å². The summed E-state index contributed by atoms with van der Waals surface area (Å²) in [5, 5.41) is 0. The molecule has 0 bridgehead atoms. The third kappa shape index (κ3) is 5.13. The quantitative estimate of drug-likeness (QED) is 0.560. The summed E-state index contributed by atoms with van der Waals surface area (Å²) >= 11 is 0. The van der Waals surface area contributed by atoms with E-state index in [-0.39, 0.29) is 17.8 Å². The number of hydrogen-bond acceptors (Lipinski definition) is 6. The molecule has 6 heteroatoms. The van der Waals surface area contributed by atoms with Crippen LogP contribution in [0.3, 0.4) is 0 Å². The number of carbonyl (C=O) groups excluding carboxylic acids is 3. The van der Waals surface area contributed by atoms with E-state index in [9.17, 15) is 14.4 Å². The molecule has 1 heterocycles. The Morgan fingerprint density at radius 1 is 1.30 bits per heavy atom. The lowest BCUT2D eigenvalue weighted by Gasteiger charge is -2.28. The van der Waals surface area contributed by atoms with Crippen molar-refractivity contribution in [3.8, 4) is 0 Å². The Hall–Kier alpha value is -1.69. The van der Waals surface area contributed by atoms with Crippen molar-refractivity contribution in [2.45, 2.75) is 52.6 Å². The van der Waals surface area contributed by atoms with Crippen LogP contribution >= 0.6 is 0 Å². The van der Waals surface area contributed by atoms with E-state index in [2.05, 4.69) is 0 Å².